The maximum atomic E-state index is 12.0. The number of carbonyl (C=O) groups is 1. The Morgan fingerprint density at radius 2 is 1.82 bits per heavy atom. The van der Waals surface area contributed by atoms with Crippen LogP contribution in [0.3, 0.4) is 0 Å². The van der Waals surface area contributed by atoms with Crippen LogP contribution in [-0.4, -0.2) is 43.1 Å². The number of sulfonamides is 1. The molecule has 0 aliphatic rings. The molecule has 0 aliphatic heterocycles. The topological polar surface area (TPSA) is 95.5 Å². The van der Waals surface area contributed by atoms with Crippen molar-refractivity contribution in [1.82, 2.24) is 4.72 Å². The summed E-state index contributed by atoms with van der Waals surface area (Å²) in [6.45, 7) is 5.27. The lowest BCUT2D eigenvalue weighted by molar-refractivity contribution is -0.115. The lowest BCUT2D eigenvalue weighted by Crippen LogP contribution is -2.30. The molecule has 0 heterocycles. The van der Waals surface area contributed by atoms with E-state index in [1.54, 1.807) is 32.9 Å². The summed E-state index contributed by atoms with van der Waals surface area (Å²) in [5, 5.41) is 11.2. The Labute approximate surface area is 135 Å². The summed E-state index contributed by atoms with van der Waals surface area (Å²) in [6.07, 6.45) is 0. The van der Waals surface area contributed by atoms with Gasteiger partial charge in [-0.05, 0) is 45.0 Å². The molecule has 1 aromatic rings. The van der Waals surface area contributed by atoms with Gasteiger partial charge in [-0.1, -0.05) is 0 Å². The summed E-state index contributed by atoms with van der Waals surface area (Å²) >= 11 is 1.35. The first-order valence-corrected chi connectivity index (χ1v) is 9.45. The summed E-state index contributed by atoms with van der Waals surface area (Å²) in [4.78, 5) is 12.1. The fraction of sp³-hybridized carbons (Fsp3) is 0.500. The van der Waals surface area contributed by atoms with Crippen LogP contribution in [0.1, 0.15) is 20.8 Å². The average molecular weight is 346 g/mol. The maximum absolute atomic E-state index is 12.0. The number of nitrogens with one attached hydrogen (secondary N) is 2. The first-order valence-electron chi connectivity index (χ1n) is 6.92. The van der Waals surface area contributed by atoms with Gasteiger partial charge >= 0.3 is 0 Å². The predicted octanol–water partition coefficient (Wildman–Crippen LogP) is 1.43. The van der Waals surface area contributed by atoms with Crippen LogP contribution in [0.25, 0.3) is 0 Å². The van der Waals surface area contributed by atoms with Crippen molar-refractivity contribution in [1.29, 1.82) is 0 Å². The highest BCUT2D eigenvalue weighted by Crippen LogP contribution is 2.17. The Bertz CT molecular complexity index is 585. The number of aliphatic hydroxyl groups is 1. The van der Waals surface area contributed by atoms with Gasteiger partial charge in [0, 0.05) is 17.5 Å². The highest BCUT2D eigenvalue weighted by molar-refractivity contribution is 8.00. The van der Waals surface area contributed by atoms with Gasteiger partial charge in [0.2, 0.25) is 15.9 Å². The zero-order valence-electron chi connectivity index (χ0n) is 12.9. The van der Waals surface area contributed by atoms with Crippen molar-refractivity contribution in [3.8, 4) is 0 Å². The molecule has 1 rings (SSSR count). The molecule has 0 aromatic heterocycles. The number of hydrogen-bond acceptors (Lipinski definition) is 5. The molecule has 0 bridgehead atoms. The molecule has 8 heteroatoms. The van der Waals surface area contributed by atoms with E-state index < -0.39 is 10.0 Å². The van der Waals surface area contributed by atoms with Gasteiger partial charge in [0.1, 0.15) is 0 Å². The summed E-state index contributed by atoms with van der Waals surface area (Å²) in [6, 6.07) is 5.82. The van der Waals surface area contributed by atoms with Crippen LogP contribution < -0.4 is 10.0 Å². The molecule has 0 unspecified atom stereocenters. The Balaban J connectivity index is 2.71. The highest BCUT2D eigenvalue weighted by Gasteiger charge is 2.16. The second-order valence-electron chi connectivity index (χ2n) is 5.03. The molecule has 0 saturated carbocycles. The van der Waals surface area contributed by atoms with Crippen LogP contribution in [0.4, 0.5) is 5.69 Å². The predicted molar refractivity (Wildman–Crippen MR) is 89.5 cm³/mol. The van der Waals surface area contributed by atoms with E-state index in [1.807, 2.05) is 0 Å². The molecule has 0 spiro atoms. The molecule has 0 fully saturated rings. The molecule has 22 heavy (non-hydrogen) atoms. The second kappa shape index (κ2) is 8.52. The molecule has 3 N–H and O–H groups in total. The van der Waals surface area contributed by atoms with Crippen molar-refractivity contribution in [3.05, 3.63) is 24.3 Å². The third-order valence-corrected chi connectivity index (χ3v) is 5.46. The number of aliphatic hydroxyl groups excluding tert-OH is 1. The number of carbonyl (C=O) groups excluding carboxylic acids is 1. The normalized spacial score (nSPS) is 13.1. The summed E-state index contributed by atoms with van der Waals surface area (Å²) in [5.74, 6) is 0.307. The minimum absolute atomic E-state index is 0.0255. The highest BCUT2D eigenvalue weighted by atomic mass is 32.2. The largest absolute Gasteiger partial charge is 0.396 e. The average Bonchev–Trinajstić information content (AvgIpc) is 2.43. The SMILES string of the molecule is CC(C)NS(=O)(=O)c1ccc(NC(=O)[C@H](C)SCCO)cc1. The van der Waals surface area contributed by atoms with E-state index >= 15 is 0 Å². The number of anilines is 1. The van der Waals surface area contributed by atoms with Crippen molar-refractivity contribution < 1.29 is 18.3 Å². The molecular weight excluding hydrogens is 324 g/mol. The van der Waals surface area contributed by atoms with Crippen LogP contribution in [0, 0.1) is 0 Å². The zero-order chi connectivity index (χ0) is 16.8. The van der Waals surface area contributed by atoms with Crippen molar-refractivity contribution >= 4 is 33.4 Å². The third-order valence-electron chi connectivity index (χ3n) is 2.65. The second-order valence-corrected chi connectivity index (χ2v) is 8.19. The molecule has 0 saturated heterocycles. The van der Waals surface area contributed by atoms with E-state index in [0.29, 0.717) is 11.4 Å². The van der Waals surface area contributed by atoms with E-state index in [1.165, 1.54) is 23.9 Å². The van der Waals surface area contributed by atoms with Crippen LogP contribution in [0.5, 0.6) is 0 Å². The standard InChI is InChI=1S/C14H22N2O4S2/c1-10(2)16-22(19,20)13-6-4-12(5-7-13)15-14(18)11(3)21-9-8-17/h4-7,10-11,16-17H,8-9H2,1-3H3,(H,15,18)/t11-/m0/s1. The lowest BCUT2D eigenvalue weighted by Gasteiger charge is -2.12. The molecule has 0 radical (unpaired) electrons. The summed E-state index contributed by atoms with van der Waals surface area (Å²) in [5.41, 5.74) is 0.532. The number of hydrogen-bond donors (Lipinski definition) is 3. The van der Waals surface area contributed by atoms with Gasteiger partial charge in [0.15, 0.2) is 0 Å². The fourth-order valence-electron chi connectivity index (χ4n) is 1.64. The van der Waals surface area contributed by atoms with E-state index in [2.05, 4.69) is 10.0 Å². The van der Waals surface area contributed by atoms with Crippen molar-refractivity contribution in [2.24, 2.45) is 0 Å². The Kier molecular flexibility index (Phi) is 7.34. The first kappa shape index (κ1) is 19.0. The van der Waals surface area contributed by atoms with Crippen LogP contribution in [0.2, 0.25) is 0 Å². The molecule has 1 amide bonds. The summed E-state index contributed by atoms with van der Waals surface area (Å²) < 4.78 is 26.4. The number of benzene rings is 1. The Morgan fingerprint density at radius 1 is 1.23 bits per heavy atom. The van der Waals surface area contributed by atoms with E-state index in [9.17, 15) is 13.2 Å². The van der Waals surface area contributed by atoms with Crippen molar-refractivity contribution in [2.45, 2.75) is 37.0 Å². The third kappa shape index (κ3) is 5.96. The molecule has 1 aromatic carbocycles. The van der Waals surface area contributed by atoms with Crippen LogP contribution >= 0.6 is 11.8 Å². The van der Waals surface area contributed by atoms with Gasteiger partial charge in [-0.2, -0.15) is 0 Å². The lowest BCUT2D eigenvalue weighted by atomic mass is 10.3. The molecule has 1 atom stereocenters. The van der Waals surface area contributed by atoms with Gasteiger partial charge in [0.25, 0.3) is 0 Å². The van der Waals surface area contributed by atoms with Crippen molar-refractivity contribution in [3.63, 3.8) is 0 Å². The zero-order valence-corrected chi connectivity index (χ0v) is 14.5. The van der Waals surface area contributed by atoms with Gasteiger partial charge in [-0.15, -0.1) is 11.8 Å². The fourth-order valence-corrected chi connectivity index (χ4v) is 3.57. The number of rotatable bonds is 8. The maximum Gasteiger partial charge on any atom is 0.240 e. The minimum Gasteiger partial charge on any atom is -0.396 e. The molecule has 0 aliphatic carbocycles. The monoisotopic (exact) mass is 346 g/mol. The molecule has 6 nitrogen and oxygen atoms in total. The quantitative estimate of drug-likeness (QED) is 0.662. The Morgan fingerprint density at radius 3 is 2.32 bits per heavy atom. The number of amides is 1. The van der Waals surface area contributed by atoms with Gasteiger partial charge in [0.05, 0.1) is 16.8 Å². The Hall–Kier alpha value is -1.09. The van der Waals surface area contributed by atoms with Gasteiger partial charge in [-0.25, -0.2) is 13.1 Å². The number of thioether (sulfide) groups is 1. The van der Waals surface area contributed by atoms with E-state index in [0.717, 1.165) is 0 Å². The van der Waals surface area contributed by atoms with E-state index in [4.69, 9.17) is 5.11 Å². The van der Waals surface area contributed by atoms with E-state index in [-0.39, 0.29) is 28.7 Å². The van der Waals surface area contributed by atoms with Crippen LogP contribution in [-0.2, 0) is 14.8 Å². The van der Waals surface area contributed by atoms with Crippen LogP contribution in [0.15, 0.2) is 29.2 Å². The minimum atomic E-state index is -3.53. The molecular formula is C14H22N2O4S2. The van der Waals surface area contributed by atoms with Crippen molar-refractivity contribution in [2.75, 3.05) is 17.7 Å². The smallest absolute Gasteiger partial charge is 0.240 e. The van der Waals surface area contributed by atoms with Gasteiger partial charge < -0.3 is 10.4 Å². The molecule has 124 valence electrons. The first-order chi connectivity index (χ1) is 10.3. The summed E-state index contributed by atoms with van der Waals surface area (Å²) in [7, 11) is -3.53. The van der Waals surface area contributed by atoms with Gasteiger partial charge in [-0.3, -0.25) is 4.79 Å².